The standard InChI is InChI=1S/C11H9F2N3O2S/c12-8-4-3-7(6-9(8)13)19(17,18)16-11-10(14)2-1-5-15-11/h1-6H,14H2,(H,15,16). The van der Waals surface area contributed by atoms with Gasteiger partial charge in [-0.15, -0.1) is 0 Å². The maximum Gasteiger partial charge on any atom is 0.263 e. The Morgan fingerprint density at radius 2 is 1.89 bits per heavy atom. The molecule has 1 aromatic carbocycles. The lowest BCUT2D eigenvalue weighted by atomic mass is 10.3. The minimum Gasteiger partial charge on any atom is -0.396 e. The van der Waals surface area contributed by atoms with Crippen molar-refractivity contribution in [2.75, 3.05) is 10.5 Å². The Morgan fingerprint density at radius 1 is 1.16 bits per heavy atom. The number of hydrogen-bond acceptors (Lipinski definition) is 4. The highest BCUT2D eigenvalue weighted by atomic mass is 32.2. The lowest BCUT2D eigenvalue weighted by Crippen LogP contribution is -2.15. The average Bonchev–Trinajstić information content (AvgIpc) is 2.35. The van der Waals surface area contributed by atoms with E-state index in [-0.39, 0.29) is 11.5 Å². The van der Waals surface area contributed by atoms with Gasteiger partial charge in [0.1, 0.15) is 0 Å². The predicted octanol–water partition coefficient (Wildman–Crippen LogP) is 1.74. The van der Waals surface area contributed by atoms with Gasteiger partial charge in [0, 0.05) is 6.20 Å². The number of nitrogens with two attached hydrogens (primary N) is 1. The van der Waals surface area contributed by atoms with Gasteiger partial charge in [-0.25, -0.2) is 22.2 Å². The summed E-state index contributed by atoms with van der Waals surface area (Å²) in [4.78, 5) is 3.33. The summed E-state index contributed by atoms with van der Waals surface area (Å²) < 4.78 is 51.7. The fourth-order valence-corrected chi connectivity index (χ4v) is 2.38. The first-order valence-corrected chi connectivity index (χ1v) is 6.57. The lowest BCUT2D eigenvalue weighted by molar-refractivity contribution is 0.504. The molecule has 1 aromatic heterocycles. The zero-order valence-electron chi connectivity index (χ0n) is 9.47. The maximum absolute atomic E-state index is 13.0. The number of sulfonamides is 1. The summed E-state index contributed by atoms with van der Waals surface area (Å²) in [6, 6.07) is 5.24. The predicted molar refractivity (Wildman–Crippen MR) is 65.8 cm³/mol. The number of halogens is 2. The summed E-state index contributed by atoms with van der Waals surface area (Å²) >= 11 is 0. The second kappa shape index (κ2) is 4.81. The molecule has 2 rings (SSSR count). The van der Waals surface area contributed by atoms with E-state index in [1.807, 2.05) is 0 Å². The number of rotatable bonds is 3. The number of pyridine rings is 1. The summed E-state index contributed by atoms with van der Waals surface area (Å²) in [5, 5.41) is 0. The zero-order valence-corrected chi connectivity index (χ0v) is 10.3. The Hall–Kier alpha value is -2.22. The number of benzene rings is 1. The van der Waals surface area contributed by atoms with Crippen LogP contribution >= 0.6 is 0 Å². The number of nitrogens with zero attached hydrogens (tertiary/aromatic N) is 1. The molecule has 0 atom stereocenters. The first-order chi connectivity index (χ1) is 8.90. The third-order valence-corrected chi connectivity index (χ3v) is 3.61. The van der Waals surface area contributed by atoms with E-state index in [0.717, 1.165) is 12.1 Å². The van der Waals surface area contributed by atoms with Crippen molar-refractivity contribution in [3.05, 3.63) is 48.2 Å². The van der Waals surface area contributed by atoms with Crippen LogP contribution in [0.4, 0.5) is 20.3 Å². The van der Waals surface area contributed by atoms with Gasteiger partial charge in [-0.2, -0.15) is 0 Å². The molecular formula is C11H9F2N3O2S. The van der Waals surface area contributed by atoms with Crippen LogP contribution in [0.15, 0.2) is 41.4 Å². The van der Waals surface area contributed by atoms with Crippen molar-refractivity contribution in [2.45, 2.75) is 4.90 Å². The number of aromatic nitrogens is 1. The van der Waals surface area contributed by atoms with E-state index in [4.69, 9.17) is 5.73 Å². The molecule has 0 radical (unpaired) electrons. The van der Waals surface area contributed by atoms with Crippen LogP contribution in [-0.2, 0) is 10.0 Å². The van der Waals surface area contributed by atoms with E-state index in [9.17, 15) is 17.2 Å². The third kappa shape index (κ3) is 2.79. The zero-order chi connectivity index (χ0) is 14.0. The highest BCUT2D eigenvalue weighted by Crippen LogP contribution is 2.20. The van der Waals surface area contributed by atoms with Gasteiger partial charge in [0.25, 0.3) is 10.0 Å². The molecule has 0 aliphatic rings. The summed E-state index contributed by atoms with van der Waals surface area (Å²) in [5.74, 6) is -2.46. The van der Waals surface area contributed by atoms with Crippen molar-refractivity contribution in [3.63, 3.8) is 0 Å². The number of hydrogen-bond donors (Lipinski definition) is 2. The van der Waals surface area contributed by atoms with Crippen LogP contribution in [-0.4, -0.2) is 13.4 Å². The smallest absolute Gasteiger partial charge is 0.263 e. The van der Waals surface area contributed by atoms with E-state index in [0.29, 0.717) is 6.07 Å². The maximum atomic E-state index is 13.0. The minimum atomic E-state index is -4.07. The van der Waals surface area contributed by atoms with Crippen LogP contribution in [0.2, 0.25) is 0 Å². The van der Waals surface area contributed by atoms with Gasteiger partial charge < -0.3 is 5.73 Å². The summed E-state index contributed by atoms with van der Waals surface area (Å²) in [5.41, 5.74) is 5.66. The first-order valence-electron chi connectivity index (χ1n) is 5.08. The Bertz CT molecular complexity index is 720. The average molecular weight is 285 g/mol. The van der Waals surface area contributed by atoms with Gasteiger partial charge in [0.05, 0.1) is 10.6 Å². The van der Waals surface area contributed by atoms with Crippen LogP contribution in [0.3, 0.4) is 0 Å². The van der Waals surface area contributed by atoms with Crippen molar-refractivity contribution in [1.29, 1.82) is 0 Å². The molecule has 0 saturated heterocycles. The Labute approximate surface area is 108 Å². The van der Waals surface area contributed by atoms with Gasteiger partial charge in [-0.1, -0.05) is 0 Å². The molecule has 100 valence electrons. The normalized spacial score (nSPS) is 11.3. The molecule has 0 unspecified atom stereocenters. The Kier molecular flexibility index (Phi) is 3.34. The minimum absolute atomic E-state index is 0.0766. The van der Waals surface area contributed by atoms with Crippen molar-refractivity contribution in [2.24, 2.45) is 0 Å². The van der Waals surface area contributed by atoms with Crippen LogP contribution < -0.4 is 10.5 Å². The van der Waals surface area contributed by atoms with Gasteiger partial charge >= 0.3 is 0 Å². The van der Waals surface area contributed by atoms with Crippen LogP contribution in [0, 0.1) is 11.6 Å². The topological polar surface area (TPSA) is 85.1 Å². The molecule has 0 bridgehead atoms. The van der Waals surface area contributed by atoms with E-state index in [1.54, 1.807) is 0 Å². The molecule has 1 heterocycles. The summed E-state index contributed by atoms with van der Waals surface area (Å²) in [7, 11) is -4.07. The molecule has 19 heavy (non-hydrogen) atoms. The molecule has 0 spiro atoms. The highest BCUT2D eigenvalue weighted by Gasteiger charge is 2.18. The Morgan fingerprint density at radius 3 is 2.53 bits per heavy atom. The van der Waals surface area contributed by atoms with E-state index >= 15 is 0 Å². The number of nitrogen functional groups attached to an aromatic ring is 1. The molecular weight excluding hydrogens is 276 g/mol. The second-order valence-corrected chi connectivity index (χ2v) is 5.31. The van der Waals surface area contributed by atoms with Gasteiger partial charge in [-0.3, -0.25) is 4.72 Å². The molecule has 0 amide bonds. The van der Waals surface area contributed by atoms with Crippen LogP contribution in [0.25, 0.3) is 0 Å². The van der Waals surface area contributed by atoms with Crippen LogP contribution in [0.5, 0.6) is 0 Å². The molecule has 0 saturated carbocycles. The molecule has 8 heteroatoms. The molecule has 5 nitrogen and oxygen atoms in total. The molecule has 0 fully saturated rings. The first kappa shape index (κ1) is 13.2. The van der Waals surface area contributed by atoms with Crippen LogP contribution in [0.1, 0.15) is 0 Å². The number of anilines is 2. The van der Waals surface area contributed by atoms with Crippen molar-refractivity contribution >= 4 is 21.5 Å². The highest BCUT2D eigenvalue weighted by molar-refractivity contribution is 7.92. The quantitative estimate of drug-likeness (QED) is 0.899. The van der Waals surface area contributed by atoms with E-state index in [1.165, 1.54) is 18.3 Å². The number of nitrogens with one attached hydrogen (secondary N) is 1. The molecule has 2 aromatic rings. The monoisotopic (exact) mass is 285 g/mol. The van der Waals surface area contributed by atoms with Crippen molar-refractivity contribution in [3.8, 4) is 0 Å². The SMILES string of the molecule is Nc1cccnc1NS(=O)(=O)c1ccc(F)c(F)c1. The molecule has 0 aliphatic heterocycles. The Balaban J connectivity index is 2.38. The summed E-state index contributed by atoms with van der Waals surface area (Å²) in [6.07, 6.45) is 1.35. The van der Waals surface area contributed by atoms with Crippen molar-refractivity contribution in [1.82, 2.24) is 4.98 Å². The van der Waals surface area contributed by atoms with E-state index < -0.39 is 26.6 Å². The van der Waals surface area contributed by atoms with Crippen molar-refractivity contribution < 1.29 is 17.2 Å². The fraction of sp³-hybridized carbons (Fsp3) is 0. The fourth-order valence-electron chi connectivity index (χ4n) is 1.33. The third-order valence-electron chi connectivity index (χ3n) is 2.27. The molecule has 3 N–H and O–H groups in total. The summed E-state index contributed by atoms with van der Waals surface area (Å²) in [6.45, 7) is 0. The van der Waals surface area contributed by atoms with Gasteiger partial charge in [0.2, 0.25) is 0 Å². The van der Waals surface area contributed by atoms with Gasteiger partial charge in [0.15, 0.2) is 17.5 Å². The second-order valence-electron chi connectivity index (χ2n) is 3.62. The largest absolute Gasteiger partial charge is 0.396 e. The van der Waals surface area contributed by atoms with E-state index in [2.05, 4.69) is 9.71 Å². The van der Waals surface area contributed by atoms with Gasteiger partial charge in [-0.05, 0) is 30.3 Å². The molecule has 0 aliphatic carbocycles. The lowest BCUT2D eigenvalue weighted by Gasteiger charge is -2.09.